The van der Waals surface area contributed by atoms with Crippen molar-refractivity contribution in [2.24, 2.45) is 5.92 Å². The molecule has 0 bridgehead atoms. The Morgan fingerprint density at radius 1 is 0.923 bits per heavy atom. The van der Waals surface area contributed by atoms with Gasteiger partial charge in [-0.05, 0) is 41.8 Å². The van der Waals surface area contributed by atoms with E-state index in [0.717, 1.165) is 0 Å². The van der Waals surface area contributed by atoms with Gasteiger partial charge in [0.15, 0.2) is 0 Å². The Morgan fingerprint density at radius 3 is 2.08 bits per heavy atom. The van der Waals surface area contributed by atoms with Gasteiger partial charge in [0.05, 0.1) is 19.8 Å². The maximum absolute atomic E-state index is 13.2. The third-order valence-electron chi connectivity index (χ3n) is 5.57. The number of Topliss-reactive ketones (excluding diaryl/α,β-unsaturated/α-hetero) is 1. The standard InChI is InChI=1S/C26H29ClF3N3O6/c1-14(2)20(22(34)26(28,29)30)32-25(37)21(15-8-10-18(39-4)11-9-15)33-24(36)19(13-38-3)31-23(35)16-6-5-7-17(27)12-16/h5-12,14,19-21H,13H2,1-4H3,(H,31,35)(H,32,37)(H,33,36)/t19-,20-,21-/m0/s1. The maximum Gasteiger partial charge on any atom is 0.452 e. The molecule has 13 heteroatoms. The van der Waals surface area contributed by atoms with Crippen molar-refractivity contribution >= 4 is 35.1 Å². The first-order valence-electron chi connectivity index (χ1n) is 11.7. The molecule has 0 aliphatic rings. The number of hydrogen-bond acceptors (Lipinski definition) is 6. The number of carbonyl (C=O) groups excluding carboxylic acids is 4. The molecule has 0 aromatic heterocycles. The molecule has 3 atom stereocenters. The van der Waals surface area contributed by atoms with Gasteiger partial charge in [-0.15, -0.1) is 0 Å². The van der Waals surface area contributed by atoms with Crippen molar-refractivity contribution in [3.63, 3.8) is 0 Å². The number of alkyl halides is 3. The molecule has 0 saturated heterocycles. The number of amides is 3. The summed E-state index contributed by atoms with van der Waals surface area (Å²) in [6.45, 7) is 2.39. The van der Waals surface area contributed by atoms with E-state index < -0.39 is 53.7 Å². The molecule has 212 valence electrons. The lowest BCUT2D eigenvalue weighted by molar-refractivity contribution is -0.175. The number of ether oxygens (including phenoxy) is 2. The molecule has 0 unspecified atom stereocenters. The van der Waals surface area contributed by atoms with Crippen LogP contribution in [0.2, 0.25) is 5.02 Å². The molecule has 0 radical (unpaired) electrons. The van der Waals surface area contributed by atoms with Gasteiger partial charge in [-0.25, -0.2) is 0 Å². The summed E-state index contributed by atoms with van der Waals surface area (Å²) in [6, 6.07) is 7.05. The van der Waals surface area contributed by atoms with Crippen molar-refractivity contribution in [2.75, 3.05) is 20.8 Å². The first kappa shape index (κ1) is 31.6. The van der Waals surface area contributed by atoms with Crippen molar-refractivity contribution in [1.29, 1.82) is 0 Å². The van der Waals surface area contributed by atoms with Crippen LogP contribution in [-0.2, 0) is 19.1 Å². The van der Waals surface area contributed by atoms with Gasteiger partial charge in [0.1, 0.15) is 17.8 Å². The Labute approximate surface area is 228 Å². The summed E-state index contributed by atoms with van der Waals surface area (Å²) in [5, 5.41) is 7.33. The minimum Gasteiger partial charge on any atom is -0.497 e. The first-order chi connectivity index (χ1) is 18.3. The third kappa shape index (κ3) is 8.96. The Balaban J connectivity index is 2.35. The fraction of sp³-hybridized carbons (Fsp3) is 0.385. The average molecular weight is 572 g/mol. The molecular weight excluding hydrogens is 543 g/mol. The molecule has 0 spiro atoms. The van der Waals surface area contributed by atoms with E-state index in [1.807, 2.05) is 0 Å². The van der Waals surface area contributed by atoms with E-state index in [2.05, 4.69) is 16.0 Å². The normalized spacial score (nSPS) is 13.7. The highest BCUT2D eigenvalue weighted by molar-refractivity contribution is 6.31. The Morgan fingerprint density at radius 2 is 1.56 bits per heavy atom. The van der Waals surface area contributed by atoms with Crippen LogP contribution < -0.4 is 20.7 Å². The van der Waals surface area contributed by atoms with Crippen LogP contribution in [0, 0.1) is 5.92 Å². The number of benzene rings is 2. The summed E-state index contributed by atoms with van der Waals surface area (Å²) >= 11 is 5.92. The van der Waals surface area contributed by atoms with Crippen molar-refractivity contribution in [1.82, 2.24) is 16.0 Å². The predicted molar refractivity (Wildman–Crippen MR) is 136 cm³/mol. The number of nitrogens with one attached hydrogen (secondary N) is 3. The lowest BCUT2D eigenvalue weighted by Crippen LogP contribution is -2.55. The second kappa shape index (κ2) is 13.9. The van der Waals surface area contributed by atoms with Crippen molar-refractivity contribution in [3.8, 4) is 5.75 Å². The zero-order chi connectivity index (χ0) is 29.3. The largest absolute Gasteiger partial charge is 0.497 e. The number of hydrogen-bond donors (Lipinski definition) is 3. The van der Waals surface area contributed by atoms with Gasteiger partial charge in [-0.2, -0.15) is 13.2 Å². The van der Waals surface area contributed by atoms with E-state index >= 15 is 0 Å². The Hall–Kier alpha value is -3.64. The summed E-state index contributed by atoms with van der Waals surface area (Å²) < 4.78 is 49.6. The molecule has 2 aromatic rings. The summed E-state index contributed by atoms with van der Waals surface area (Å²) in [5.41, 5.74) is 0.340. The van der Waals surface area contributed by atoms with Gasteiger partial charge >= 0.3 is 6.18 Å². The number of halogens is 4. The van der Waals surface area contributed by atoms with Crippen LogP contribution in [0.5, 0.6) is 5.75 Å². The zero-order valence-corrected chi connectivity index (χ0v) is 22.4. The lowest BCUT2D eigenvalue weighted by Gasteiger charge is -2.27. The van der Waals surface area contributed by atoms with E-state index in [0.29, 0.717) is 10.8 Å². The third-order valence-corrected chi connectivity index (χ3v) is 5.80. The minimum atomic E-state index is -5.19. The molecule has 9 nitrogen and oxygen atoms in total. The number of methoxy groups -OCH3 is 2. The van der Waals surface area contributed by atoms with Crippen molar-refractivity contribution < 1.29 is 41.8 Å². The monoisotopic (exact) mass is 571 g/mol. The van der Waals surface area contributed by atoms with Gasteiger partial charge in [-0.3, -0.25) is 19.2 Å². The SMILES string of the molecule is COC[C@H](NC(=O)c1cccc(Cl)c1)C(=O)N[C@H](C(=O)N[C@H](C(=O)C(F)(F)F)C(C)C)c1ccc(OC)cc1. The second-order valence-corrected chi connectivity index (χ2v) is 9.24. The van der Waals surface area contributed by atoms with Gasteiger partial charge in [0.2, 0.25) is 11.8 Å². The van der Waals surface area contributed by atoms with Crippen LogP contribution in [0.4, 0.5) is 13.2 Å². The van der Waals surface area contributed by atoms with Gasteiger partial charge in [0.25, 0.3) is 11.7 Å². The highest BCUT2D eigenvalue weighted by atomic mass is 35.5. The molecule has 0 aliphatic carbocycles. The highest BCUT2D eigenvalue weighted by Crippen LogP contribution is 2.23. The van der Waals surface area contributed by atoms with Gasteiger partial charge < -0.3 is 25.4 Å². The fourth-order valence-corrected chi connectivity index (χ4v) is 3.70. The molecule has 0 heterocycles. The summed E-state index contributed by atoms with van der Waals surface area (Å²) in [5.74, 6) is -5.21. The Kier molecular flexibility index (Phi) is 11.3. The topological polar surface area (TPSA) is 123 Å². The molecule has 0 saturated carbocycles. The molecule has 0 aliphatic heterocycles. The Bertz CT molecular complexity index is 1170. The minimum absolute atomic E-state index is 0.159. The van der Waals surface area contributed by atoms with Crippen LogP contribution in [0.15, 0.2) is 48.5 Å². The average Bonchev–Trinajstić information content (AvgIpc) is 2.88. The summed E-state index contributed by atoms with van der Waals surface area (Å²) in [6.07, 6.45) is -5.19. The lowest BCUT2D eigenvalue weighted by atomic mass is 9.97. The van der Waals surface area contributed by atoms with E-state index in [1.165, 1.54) is 64.5 Å². The molecule has 3 amide bonds. The van der Waals surface area contributed by atoms with E-state index in [4.69, 9.17) is 21.1 Å². The number of carbonyl (C=O) groups is 4. The molecule has 2 rings (SSSR count). The highest BCUT2D eigenvalue weighted by Gasteiger charge is 2.45. The summed E-state index contributed by atoms with van der Waals surface area (Å²) in [4.78, 5) is 51.1. The maximum atomic E-state index is 13.2. The molecule has 39 heavy (non-hydrogen) atoms. The van der Waals surface area contributed by atoms with Gasteiger partial charge in [-0.1, -0.05) is 43.6 Å². The van der Waals surface area contributed by atoms with Crippen LogP contribution in [-0.4, -0.2) is 62.6 Å². The molecule has 3 N–H and O–H groups in total. The van der Waals surface area contributed by atoms with Crippen LogP contribution in [0.25, 0.3) is 0 Å². The van der Waals surface area contributed by atoms with Crippen LogP contribution >= 0.6 is 11.6 Å². The smallest absolute Gasteiger partial charge is 0.452 e. The molecule has 0 fully saturated rings. The van der Waals surface area contributed by atoms with E-state index in [9.17, 15) is 32.3 Å². The first-order valence-corrected chi connectivity index (χ1v) is 12.1. The summed E-state index contributed by atoms with van der Waals surface area (Å²) in [7, 11) is 2.70. The van der Waals surface area contributed by atoms with E-state index in [-0.39, 0.29) is 17.7 Å². The van der Waals surface area contributed by atoms with Crippen molar-refractivity contribution in [3.05, 3.63) is 64.7 Å². The number of ketones is 1. The zero-order valence-electron chi connectivity index (χ0n) is 21.6. The fourth-order valence-electron chi connectivity index (χ4n) is 3.51. The van der Waals surface area contributed by atoms with Crippen molar-refractivity contribution in [2.45, 2.75) is 38.1 Å². The van der Waals surface area contributed by atoms with Crippen LogP contribution in [0.3, 0.4) is 0 Å². The van der Waals surface area contributed by atoms with Crippen LogP contribution in [0.1, 0.15) is 35.8 Å². The molecule has 2 aromatic carbocycles. The van der Waals surface area contributed by atoms with E-state index in [1.54, 1.807) is 12.1 Å². The predicted octanol–water partition coefficient (Wildman–Crippen LogP) is 3.22. The number of rotatable bonds is 12. The molecular formula is C26H29ClF3N3O6. The second-order valence-electron chi connectivity index (χ2n) is 8.80. The van der Waals surface area contributed by atoms with Gasteiger partial charge in [0, 0.05) is 17.7 Å². The quantitative estimate of drug-likeness (QED) is 0.359.